The maximum Gasteiger partial charge on any atom is 0.277 e. The average Bonchev–Trinajstić information content (AvgIpc) is 3.07. The molecule has 7 heteroatoms. The molecule has 2 heterocycles. The summed E-state index contributed by atoms with van der Waals surface area (Å²) in [5.41, 5.74) is 2.25. The number of benzene rings is 1. The number of aromatic nitrogens is 3. The van der Waals surface area contributed by atoms with Crippen molar-refractivity contribution >= 4 is 27.5 Å². The first-order chi connectivity index (χ1) is 11.2. The predicted octanol–water partition coefficient (Wildman–Crippen LogP) is 2.78. The molecular formula is C16H20BrN5O. The minimum atomic E-state index is -0.220. The number of hydrogen-bond donors (Lipinski definition) is 2. The van der Waals surface area contributed by atoms with Crippen LogP contribution in [0.5, 0.6) is 0 Å². The first-order valence-corrected chi connectivity index (χ1v) is 8.69. The SMILES string of the molecule is CCc1cc(Br)ccc1NC(=O)c1cn(C2CCNCC2)nn1. The van der Waals surface area contributed by atoms with E-state index in [-0.39, 0.29) is 5.91 Å². The molecule has 1 aromatic carbocycles. The second kappa shape index (κ2) is 7.23. The molecule has 1 aliphatic heterocycles. The second-order valence-corrected chi connectivity index (χ2v) is 6.59. The zero-order valence-corrected chi connectivity index (χ0v) is 14.6. The van der Waals surface area contributed by atoms with Gasteiger partial charge in [0.25, 0.3) is 5.91 Å². The van der Waals surface area contributed by atoms with Crippen LogP contribution in [0, 0.1) is 0 Å². The van der Waals surface area contributed by atoms with Crippen LogP contribution in [-0.4, -0.2) is 34.0 Å². The van der Waals surface area contributed by atoms with E-state index in [1.54, 1.807) is 6.20 Å². The highest BCUT2D eigenvalue weighted by atomic mass is 79.9. The molecule has 3 rings (SSSR count). The van der Waals surface area contributed by atoms with Gasteiger partial charge in [0.15, 0.2) is 5.69 Å². The van der Waals surface area contributed by atoms with Crippen LogP contribution in [0.4, 0.5) is 5.69 Å². The number of hydrogen-bond acceptors (Lipinski definition) is 4. The van der Waals surface area contributed by atoms with Gasteiger partial charge in [0, 0.05) is 10.2 Å². The van der Waals surface area contributed by atoms with Crippen LogP contribution >= 0.6 is 15.9 Å². The number of amides is 1. The van der Waals surface area contributed by atoms with E-state index in [1.165, 1.54) is 0 Å². The van der Waals surface area contributed by atoms with Crippen molar-refractivity contribution in [2.75, 3.05) is 18.4 Å². The Bertz CT molecular complexity index is 694. The highest BCUT2D eigenvalue weighted by molar-refractivity contribution is 9.10. The quantitative estimate of drug-likeness (QED) is 0.858. The molecular weight excluding hydrogens is 358 g/mol. The molecule has 0 saturated carbocycles. The molecule has 0 bridgehead atoms. The Labute approximate surface area is 143 Å². The highest BCUT2D eigenvalue weighted by Gasteiger charge is 2.19. The van der Waals surface area contributed by atoms with Crippen LogP contribution in [0.2, 0.25) is 0 Å². The summed E-state index contributed by atoms with van der Waals surface area (Å²) in [6.45, 7) is 4.01. The zero-order valence-electron chi connectivity index (χ0n) is 13.1. The molecule has 23 heavy (non-hydrogen) atoms. The van der Waals surface area contributed by atoms with Crippen molar-refractivity contribution < 1.29 is 4.79 Å². The van der Waals surface area contributed by atoms with Gasteiger partial charge in [-0.15, -0.1) is 5.10 Å². The van der Waals surface area contributed by atoms with Gasteiger partial charge in [-0.2, -0.15) is 0 Å². The Morgan fingerprint density at radius 1 is 1.43 bits per heavy atom. The summed E-state index contributed by atoms with van der Waals surface area (Å²) in [5.74, 6) is -0.220. The maximum atomic E-state index is 12.4. The third-order valence-corrected chi connectivity index (χ3v) is 4.62. The van der Waals surface area contributed by atoms with Gasteiger partial charge in [-0.25, -0.2) is 4.68 Å². The minimum absolute atomic E-state index is 0.220. The van der Waals surface area contributed by atoms with Gasteiger partial charge in [0.05, 0.1) is 12.2 Å². The number of piperidine rings is 1. The number of rotatable bonds is 4. The van der Waals surface area contributed by atoms with E-state index in [2.05, 4.69) is 43.8 Å². The van der Waals surface area contributed by atoms with E-state index < -0.39 is 0 Å². The van der Waals surface area contributed by atoms with Gasteiger partial charge in [-0.05, 0) is 56.1 Å². The van der Waals surface area contributed by atoms with Gasteiger partial charge in [0.1, 0.15) is 0 Å². The molecule has 0 unspecified atom stereocenters. The van der Waals surface area contributed by atoms with Crippen LogP contribution in [0.3, 0.4) is 0 Å². The van der Waals surface area contributed by atoms with Crippen LogP contribution < -0.4 is 10.6 Å². The Morgan fingerprint density at radius 3 is 2.96 bits per heavy atom. The second-order valence-electron chi connectivity index (χ2n) is 5.67. The Morgan fingerprint density at radius 2 is 2.22 bits per heavy atom. The van der Waals surface area contributed by atoms with E-state index in [9.17, 15) is 4.79 Å². The van der Waals surface area contributed by atoms with Crippen molar-refractivity contribution in [1.29, 1.82) is 0 Å². The van der Waals surface area contributed by atoms with Crippen molar-refractivity contribution in [2.24, 2.45) is 0 Å². The van der Waals surface area contributed by atoms with Crippen LogP contribution in [-0.2, 0) is 6.42 Å². The largest absolute Gasteiger partial charge is 0.320 e. The molecule has 0 radical (unpaired) electrons. The molecule has 0 atom stereocenters. The van der Waals surface area contributed by atoms with Gasteiger partial charge in [0.2, 0.25) is 0 Å². The number of carbonyl (C=O) groups excluding carboxylic acids is 1. The fourth-order valence-corrected chi connectivity index (χ4v) is 3.20. The number of halogens is 1. The van der Waals surface area contributed by atoms with Crippen LogP contribution in [0.15, 0.2) is 28.9 Å². The van der Waals surface area contributed by atoms with Crippen molar-refractivity contribution in [1.82, 2.24) is 20.3 Å². The van der Waals surface area contributed by atoms with Gasteiger partial charge in [-0.3, -0.25) is 4.79 Å². The fraction of sp³-hybridized carbons (Fsp3) is 0.438. The van der Waals surface area contributed by atoms with Crippen molar-refractivity contribution in [3.63, 3.8) is 0 Å². The lowest BCUT2D eigenvalue weighted by atomic mass is 10.1. The summed E-state index contributed by atoms with van der Waals surface area (Å²) in [6, 6.07) is 6.16. The molecule has 2 N–H and O–H groups in total. The van der Waals surface area contributed by atoms with E-state index in [0.29, 0.717) is 11.7 Å². The molecule has 122 valence electrons. The lowest BCUT2D eigenvalue weighted by molar-refractivity contribution is 0.102. The lowest BCUT2D eigenvalue weighted by Crippen LogP contribution is -2.29. The van der Waals surface area contributed by atoms with E-state index in [0.717, 1.165) is 48.1 Å². The van der Waals surface area contributed by atoms with Gasteiger partial charge < -0.3 is 10.6 Å². The van der Waals surface area contributed by atoms with Crippen LogP contribution in [0.1, 0.15) is 41.9 Å². The molecule has 6 nitrogen and oxygen atoms in total. The van der Waals surface area contributed by atoms with Gasteiger partial charge in [-0.1, -0.05) is 28.1 Å². The molecule has 0 aliphatic carbocycles. The van der Waals surface area contributed by atoms with E-state index in [4.69, 9.17) is 0 Å². The maximum absolute atomic E-state index is 12.4. The first-order valence-electron chi connectivity index (χ1n) is 7.89. The number of nitrogens with one attached hydrogen (secondary N) is 2. The molecule has 1 amide bonds. The Kier molecular flexibility index (Phi) is 5.07. The van der Waals surface area contributed by atoms with Crippen molar-refractivity contribution in [3.05, 3.63) is 40.1 Å². The summed E-state index contributed by atoms with van der Waals surface area (Å²) >= 11 is 3.45. The topological polar surface area (TPSA) is 71.8 Å². The average molecular weight is 378 g/mol. The third-order valence-electron chi connectivity index (χ3n) is 4.12. The number of carbonyl (C=O) groups is 1. The molecule has 1 saturated heterocycles. The lowest BCUT2D eigenvalue weighted by Gasteiger charge is -2.22. The first kappa shape index (κ1) is 16.1. The summed E-state index contributed by atoms with van der Waals surface area (Å²) in [7, 11) is 0. The Balaban J connectivity index is 1.72. The zero-order chi connectivity index (χ0) is 16.2. The third kappa shape index (κ3) is 3.79. The van der Waals surface area contributed by atoms with E-state index >= 15 is 0 Å². The molecule has 1 aromatic heterocycles. The van der Waals surface area contributed by atoms with Gasteiger partial charge >= 0.3 is 0 Å². The monoisotopic (exact) mass is 377 g/mol. The van der Waals surface area contributed by atoms with Crippen molar-refractivity contribution in [2.45, 2.75) is 32.2 Å². The number of aryl methyl sites for hydroxylation is 1. The molecule has 2 aromatic rings. The predicted molar refractivity (Wildman–Crippen MR) is 92.6 cm³/mol. The summed E-state index contributed by atoms with van der Waals surface area (Å²) in [4.78, 5) is 12.4. The molecule has 0 spiro atoms. The fourth-order valence-electron chi connectivity index (χ4n) is 2.79. The highest BCUT2D eigenvalue weighted by Crippen LogP contribution is 2.22. The summed E-state index contributed by atoms with van der Waals surface area (Å²) in [6.07, 6.45) is 4.61. The Hall–Kier alpha value is -1.73. The minimum Gasteiger partial charge on any atom is -0.320 e. The molecule has 1 fully saturated rings. The summed E-state index contributed by atoms with van der Waals surface area (Å²) < 4.78 is 2.82. The molecule has 1 aliphatic rings. The standard InChI is InChI=1S/C16H20BrN5O/c1-2-11-9-12(17)3-4-14(11)19-16(23)15-10-22(21-20-15)13-5-7-18-8-6-13/h3-4,9-10,13,18H,2,5-8H2,1H3,(H,19,23). The normalized spacial score (nSPS) is 15.6. The van der Waals surface area contributed by atoms with Crippen molar-refractivity contribution in [3.8, 4) is 0 Å². The number of nitrogens with zero attached hydrogens (tertiary/aromatic N) is 3. The smallest absolute Gasteiger partial charge is 0.277 e. The summed E-state index contributed by atoms with van der Waals surface area (Å²) in [5, 5.41) is 14.4. The van der Waals surface area contributed by atoms with E-state index in [1.807, 2.05) is 22.9 Å². The number of anilines is 1. The van der Waals surface area contributed by atoms with Crippen LogP contribution in [0.25, 0.3) is 0 Å².